The predicted octanol–water partition coefficient (Wildman–Crippen LogP) is 3.44. The highest BCUT2D eigenvalue weighted by molar-refractivity contribution is 9.10. The summed E-state index contributed by atoms with van der Waals surface area (Å²) in [5.41, 5.74) is 0.797. The highest BCUT2D eigenvalue weighted by Crippen LogP contribution is 2.38. The van der Waals surface area contributed by atoms with Crippen LogP contribution in [0.25, 0.3) is 0 Å². The van der Waals surface area contributed by atoms with Crippen molar-refractivity contribution in [2.45, 2.75) is 32.0 Å². The summed E-state index contributed by atoms with van der Waals surface area (Å²) in [4.78, 5) is 0. The van der Waals surface area contributed by atoms with Crippen LogP contribution in [0.3, 0.4) is 0 Å². The molecule has 1 atom stereocenters. The van der Waals surface area contributed by atoms with E-state index in [0.29, 0.717) is 11.5 Å². The van der Waals surface area contributed by atoms with E-state index in [2.05, 4.69) is 28.1 Å². The fraction of sp³-hybridized carbons (Fsp3) is 0.429. The van der Waals surface area contributed by atoms with Crippen LogP contribution in [0.15, 0.2) is 28.8 Å². The molecule has 1 aliphatic rings. The highest BCUT2D eigenvalue weighted by atomic mass is 79.9. The first-order valence-electron chi connectivity index (χ1n) is 6.05. The minimum atomic E-state index is -0.0153. The predicted molar refractivity (Wildman–Crippen MR) is 74.0 cm³/mol. The van der Waals surface area contributed by atoms with E-state index in [0.717, 1.165) is 29.3 Å². The van der Waals surface area contributed by atoms with E-state index in [1.165, 1.54) is 0 Å². The smallest absolute Gasteiger partial charge is 0.176 e. The quantitative estimate of drug-likeness (QED) is 0.866. The number of hydrogen-bond acceptors (Lipinski definition) is 3. The number of methoxy groups -OCH3 is 1. The minimum Gasteiger partial charge on any atom is -0.493 e. The Labute approximate surface area is 116 Å². The van der Waals surface area contributed by atoms with Gasteiger partial charge in [0, 0.05) is 0 Å². The van der Waals surface area contributed by atoms with Gasteiger partial charge >= 0.3 is 0 Å². The second kappa shape index (κ2) is 6.25. The van der Waals surface area contributed by atoms with Gasteiger partial charge in [0.2, 0.25) is 0 Å². The molecular formula is C14H17BrO3. The number of ether oxygens (including phenoxy) is 2. The molecule has 0 heterocycles. The number of hydrogen-bond donors (Lipinski definition) is 1. The Bertz CT molecular complexity index is 443. The molecule has 0 aliphatic heterocycles. The van der Waals surface area contributed by atoms with Crippen LogP contribution in [0.2, 0.25) is 0 Å². The maximum absolute atomic E-state index is 9.17. The molecule has 1 aromatic carbocycles. The second-order valence-electron chi connectivity index (χ2n) is 4.28. The largest absolute Gasteiger partial charge is 0.493 e. The van der Waals surface area contributed by atoms with Gasteiger partial charge in [0.25, 0.3) is 0 Å². The van der Waals surface area contributed by atoms with Crippen molar-refractivity contribution in [3.8, 4) is 11.5 Å². The maximum atomic E-state index is 9.17. The number of aliphatic hydroxyl groups excluding tert-OH is 1. The number of allylic oxidation sites excluding steroid dienone is 1. The van der Waals surface area contributed by atoms with Crippen LogP contribution in [-0.2, 0) is 6.61 Å². The maximum Gasteiger partial charge on any atom is 0.176 e. The molecule has 0 amide bonds. The molecule has 1 aromatic rings. The van der Waals surface area contributed by atoms with Gasteiger partial charge in [-0.15, -0.1) is 0 Å². The lowest BCUT2D eigenvalue weighted by atomic mass is 10.1. The van der Waals surface area contributed by atoms with Crippen LogP contribution in [0.1, 0.15) is 24.8 Å². The summed E-state index contributed by atoms with van der Waals surface area (Å²) in [7, 11) is 1.60. The van der Waals surface area contributed by atoms with E-state index in [1.807, 2.05) is 6.07 Å². The van der Waals surface area contributed by atoms with Crippen molar-refractivity contribution in [1.82, 2.24) is 0 Å². The zero-order chi connectivity index (χ0) is 13.0. The van der Waals surface area contributed by atoms with E-state index in [1.54, 1.807) is 13.2 Å². The lowest BCUT2D eigenvalue weighted by Gasteiger charge is -2.21. The van der Waals surface area contributed by atoms with Crippen molar-refractivity contribution < 1.29 is 14.6 Å². The highest BCUT2D eigenvalue weighted by Gasteiger charge is 2.16. The van der Waals surface area contributed by atoms with Gasteiger partial charge < -0.3 is 14.6 Å². The summed E-state index contributed by atoms with van der Waals surface area (Å²) in [5.74, 6) is 1.35. The molecule has 98 valence electrons. The van der Waals surface area contributed by atoms with Crippen molar-refractivity contribution in [2.24, 2.45) is 0 Å². The van der Waals surface area contributed by atoms with Crippen LogP contribution < -0.4 is 9.47 Å². The Morgan fingerprint density at radius 2 is 2.28 bits per heavy atom. The molecule has 1 unspecified atom stereocenters. The number of halogens is 1. The van der Waals surface area contributed by atoms with Gasteiger partial charge in [0.1, 0.15) is 6.10 Å². The van der Waals surface area contributed by atoms with Gasteiger partial charge in [0.15, 0.2) is 11.5 Å². The molecule has 2 rings (SSSR count). The van der Waals surface area contributed by atoms with Crippen LogP contribution in [-0.4, -0.2) is 18.3 Å². The molecule has 4 heteroatoms. The summed E-state index contributed by atoms with van der Waals surface area (Å²) in [6.45, 7) is -0.0153. The van der Waals surface area contributed by atoms with Crippen molar-refractivity contribution in [1.29, 1.82) is 0 Å². The molecular weight excluding hydrogens is 296 g/mol. The average Bonchev–Trinajstić information content (AvgIpc) is 2.42. The number of aliphatic hydroxyl groups is 1. The molecule has 0 fully saturated rings. The molecule has 0 saturated heterocycles. The molecule has 3 nitrogen and oxygen atoms in total. The summed E-state index contributed by atoms with van der Waals surface area (Å²) >= 11 is 3.47. The van der Waals surface area contributed by atoms with Gasteiger partial charge in [-0.1, -0.05) is 6.08 Å². The van der Waals surface area contributed by atoms with Crippen molar-refractivity contribution in [3.63, 3.8) is 0 Å². The molecule has 0 radical (unpaired) electrons. The normalized spacial score (nSPS) is 18.7. The van der Waals surface area contributed by atoms with Crippen molar-refractivity contribution in [2.75, 3.05) is 7.11 Å². The topological polar surface area (TPSA) is 38.7 Å². The zero-order valence-corrected chi connectivity index (χ0v) is 11.9. The Morgan fingerprint density at radius 1 is 1.44 bits per heavy atom. The van der Waals surface area contributed by atoms with E-state index < -0.39 is 0 Å². The molecule has 1 N–H and O–H groups in total. The minimum absolute atomic E-state index is 0.0153. The van der Waals surface area contributed by atoms with Crippen molar-refractivity contribution >= 4 is 15.9 Å². The summed E-state index contributed by atoms with van der Waals surface area (Å²) in [6.07, 6.45) is 7.64. The van der Waals surface area contributed by atoms with Crippen molar-refractivity contribution in [3.05, 3.63) is 34.3 Å². The van der Waals surface area contributed by atoms with E-state index in [-0.39, 0.29) is 12.7 Å². The van der Waals surface area contributed by atoms with Gasteiger partial charge in [-0.3, -0.25) is 0 Å². The Kier molecular flexibility index (Phi) is 4.66. The molecule has 18 heavy (non-hydrogen) atoms. The van der Waals surface area contributed by atoms with E-state index in [4.69, 9.17) is 14.6 Å². The lowest BCUT2D eigenvalue weighted by molar-refractivity contribution is 0.217. The van der Waals surface area contributed by atoms with E-state index >= 15 is 0 Å². The summed E-state index contributed by atoms with van der Waals surface area (Å²) in [6, 6.07) is 3.65. The number of rotatable bonds is 4. The molecule has 0 aromatic heterocycles. The molecule has 0 spiro atoms. The van der Waals surface area contributed by atoms with Crippen LogP contribution >= 0.6 is 15.9 Å². The monoisotopic (exact) mass is 312 g/mol. The molecule has 0 bridgehead atoms. The molecule has 1 aliphatic carbocycles. The fourth-order valence-electron chi connectivity index (χ4n) is 2.01. The van der Waals surface area contributed by atoms with Crippen LogP contribution in [0, 0.1) is 0 Å². The average molecular weight is 313 g/mol. The van der Waals surface area contributed by atoms with Gasteiger partial charge in [0.05, 0.1) is 18.2 Å². The fourth-order valence-corrected chi connectivity index (χ4v) is 2.59. The van der Waals surface area contributed by atoms with Crippen LogP contribution in [0.5, 0.6) is 11.5 Å². The summed E-state index contributed by atoms with van der Waals surface area (Å²) < 4.78 is 12.1. The number of benzene rings is 1. The zero-order valence-electron chi connectivity index (χ0n) is 10.4. The first-order valence-corrected chi connectivity index (χ1v) is 6.84. The third kappa shape index (κ3) is 3.06. The first kappa shape index (κ1) is 13.4. The Hall–Kier alpha value is -1.00. The molecule has 0 saturated carbocycles. The second-order valence-corrected chi connectivity index (χ2v) is 5.14. The SMILES string of the molecule is COc1cc(CO)cc(Br)c1OC1C=CCCC1. The lowest BCUT2D eigenvalue weighted by Crippen LogP contribution is -2.16. The first-order chi connectivity index (χ1) is 8.74. The third-order valence-electron chi connectivity index (χ3n) is 2.95. The Balaban J connectivity index is 2.25. The summed E-state index contributed by atoms with van der Waals surface area (Å²) in [5, 5.41) is 9.17. The Morgan fingerprint density at radius 3 is 2.89 bits per heavy atom. The standard InChI is InChI=1S/C14H17BrO3/c1-17-13-8-10(9-16)7-12(15)14(13)18-11-5-3-2-4-6-11/h3,5,7-8,11,16H,2,4,6,9H2,1H3. The van der Waals surface area contributed by atoms with E-state index in [9.17, 15) is 0 Å². The van der Waals surface area contributed by atoms with Gasteiger partial charge in [-0.05, 0) is 59.0 Å². The third-order valence-corrected chi connectivity index (χ3v) is 3.54. The van der Waals surface area contributed by atoms with Gasteiger partial charge in [-0.25, -0.2) is 0 Å². The van der Waals surface area contributed by atoms with Gasteiger partial charge in [-0.2, -0.15) is 0 Å². The van der Waals surface area contributed by atoms with Crippen LogP contribution in [0.4, 0.5) is 0 Å².